The summed E-state index contributed by atoms with van der Waals surface area (Å²) in [5, 5.41) is 30.0. The number of hydrogen-bond acceptors (Lipinski definition) is 4. The maximum atomic E-state index is 12.1. The smallest absolute Gasteiger partial charge is 0.332 e. The Kier molecular flexibility index (Phi) is 8.36. The molecule has 2 aromatic rings. The third-order valence-electron chi connectivity index (χ3n) is 4.50. The summed E-state index contributed by atoms with van der Waals surface area (Å²) in [6.07, 6.45) is -1.27. The van der Waals surface area contributed by atoms with E-state index in [-0.39, 0.29) is 31.6 Å². The van der Waals surface area contributed by atoms with Crippen LogP contribution in [0.3, 0.4) is 0 Å². The van der Waals surface area contributed by atoms with Gasteiger partial charge in [-0.25, -0.2) is 4.79 Å². The summed E-state index contributed by atoms with van der Waals surface area (Å²) in [4.78, 5) is 33.6. The number of aliphatic carboxylic acids is 2. The average Bonchev–Trinajstić information content (AvgIpc) is 2.68. The molecule has 0 saturated heterocycles. The normalized spacial score (nSPS) is 12.7. The maximum Gasteiger partial charge on any atom is 0.332 e. The molecule has 29 heavy (non-hydrogen) atoms. The molecule has 0 aliphatic heterocycles. The number of carbonyl (C=O) groups excluding carboxylic acids is 1. The lowest BCUT2D eigenvalue weighted by molar-refractivity contribution is -0.147. The Balaban J connectivity index is 2.03. The first-order valence-electron chi connectivity index (χ1n) is 9.41. The highest BCUT2D eigenvalue weighted by atomic mass is 16.4. The maximum absolute atomic E-state index is 12.1. The average molecular weight is 399 g/mol. The Morgan fingerprint density at radius 2 is 1.48 bits per heavy atom. The third kappa shape index (κ3) is 7.75. The van der Waals surface area contributed by atoms with E-state index in [2.05, 4.69) is 5.32 Å². The van der Waals surface area contributed by atoms with E-state index in [9.17, 15) is 19.5 Å². The fourth-order valence-corrected chi connectivity index (χ4v) is 3.01. The van der Waals surface area contributed by atoms with Gasteiger partial charge in [0.05, 0.1) is 0 Å². The van der Waals surface area contributed by atoms with Gasteiger partial charge in [0.1, 0.15) is 0 Å². The highest BCUT2D eigenvalue weighted by molar-refractivity contribution is 5.77. The number of carbonyl (C=O) groups is 3. The summed E-state index contributed by atoms with van der Waals surface area (Å²) in [6, 6.07) is 17.0. The predicted octanol–water partition coefficient (Wildman–Crippen LogP) is 2.47. The molecule has 4 N–H and O–H groups in total. The lowest BCUT2D eigenvalue weighted by atomic mass is 9.97. The molecule has 0 aliphatic carbocycles. The van der Waals surface area contributed by atoms with Gasteiger partial charge < -0.3 is 20.6 Å². The molecular weight excluding hydrogens is 374 g/mol. The first-order chi connectivity index (χ1) is 13.8. The predicted molar refractivity (Wildman–Crippen MR) is 107 cm³/mol. The van der Waals surface area contributed by atoms with Crippen LogP contribution in [0.15, 0.2) is 54.6 Å². The number of benzene rings is 2. The van der Waals surface area contributed by atoms with Crippen LogP contribution in [0, 0.1) is 0 Å². The van der Waals surface area contributed by atoms with Crippen molar-refractivity contribution >= 4 is 17.8 Å². The van der Waals surface area contributed by atoms with Crippen LogP contribution in [0.25, 0.3) is 11.1 Å². The van der Waals surface area contributed by atoms with Crippen LogP contribution in [-0.2, 0) is 20.8 Å². The van der Waals surface area contributed by atoms with Crippen LogP contribution in [0.1, 0.15) is 31.2 Å². The van der Waals surface area contributed by atoms with Crippen molar-refractivity contribution in [1.82, 2.24) is 5.32 Å². The highest BCUT2D eigenvalue weighted by Crippen LogP contribution is 2.20. The van der Waals surface area contributed by atoms with Gasteiger partial charge in [0.2, 0.25) is 5.91 Å². The van der Waals surface area contributed by atoms with Crippen LogP contribution in [0.4, 0.5) is 0 Å². The molecular formula is C22H25NO6. The van der Waals surface area contributed by atoms with Crippen molar-refractivity contribution in [3.8, 4) is 11.1 Å². The second-order valence-corrected chi connectivity index (χ2v) is 6.87. The third-order valence-corrected chi connectivity index (χ3v) is 4.50. The van der Waals surface area contributed by atoms with E-state index in [0.717, 1.165) is 16.7 Å². The zero-order chi connectivity index (χ0) is 21.2. The minimum absolute atomic E-state index is 0.0267. The molecule has 0 aliphatic rings. The van der Waals surface area contributed by atoms with Gasteiger partial charge in [-0.1, -0.05) is 54.6 Å². The van der Waals surface area contributed by atoms with Crippen LogP contribution in [0.5, 0.6) is 0 Å². The Morgan fingerprint density at radius 1 is 0.862 bits per heavy atom. The quantitative estimate of drug-likeness (QED) is 0.460. The van der Waals surface area contributed by atoms with Crippen molar-refractivity contribution < 1.29 is 29.7 Å². The number of rotatable bonds is 11. The summed E-state index contributed by atoms with van der Waals surface area (Å²) < 4.78 is 0. The summed E-state index contributed by atoms with van der Waals surface area (Å²) >= 11 is 0. The molecule has 154 valence electrons. The Labute approximate surface area is 169 Å². The minimum atomic E-state index is -1.59. The van der Waals surface area contributed by atoms with E-state index in [4.69, 9.17) is 10.2 Å². The lowest BCUT2D eigenvalue weighted by Gasteiger charge is -2.20. The van der Waals surface area contributed by atoms with Gasteiger partial charge in [-0.15, -0.1) is 0 Å². The van der Waals surface area contributed by atoms with Crippen LogP contribution >= 0.6 is 0 Å². The van der Waals surface area contributed by atoms with Gasteiger partial charge in [0, 0.05) is 25.3 Å². The summed E-state index contributed by atoms with van der Waals surface area (Å²) in [6.45, 7) is 0. The largest absolute Gasteiger partial charge is 0.481 e. The second kappa shape index (κ2) is 11.0. The van der Waals surface area contributed by atoms with Gasteiger partial charge >= 0.3 is 11.9 Å². The Bertz CT molecular complexity index is 819. The van der Waals surface area contributed by atoms with E-state index in [0.29, 0.717) is 6.42 Å². The minimum Gasteiger partial charge on any atom is -0.481 e. The van der Waals surface area contributed by atoms with Gasteiger partial charge in [0.15, 0.2) is 6.10 Å². The van der Waals surface area contributed by atoms with Crippen LogP contribution < -0.4 is 5.32 Å². The molecule has 0 saturated carbocycles. The number of hydrogen-bond donors (Lipinski definition) is 4. The topological polar surface area (TPSA) is 124 Å². The first-order valence-corrected chi connectivity index (χ1v) is 9.41. The SMILES string of the molecule is O=C(O)CCCC(=O)N[C@H](Cc1ccc(-c2ccccc2)cc1)CC(O)C(=O)O. The van der Waals surface area contributed by atoms with Gasteiger partial charge in [-0.3, -0.25) is 9.59 Å². The van der Waals surface area contributed by atoms with Crippen LogP contribution in [0.2, 0.25) is 0 Å². The number of amides is 1. The summed E-state index contributed by atoms with van der Waals surface area (Å²) in [5.41, 5.74) is 3.00. The molecule has 1 unspecified atom stereocenters. The number of nitrogens with one attached hydrogen (secondary N) is 1. The summed E-state index contributed by atoms with van der Waals surface area (Å²) in [7, 11) is 0. The van der Waals surface area contributed by atoms with E-state index in [1.807, 2.05) is 54.6 Å². The molecule has 2 rings (SSSR count). The molecule has 2 aromatic carbocycles. The van der Waals surface area contributed by atoms with E-state index in [1.165, 1.54) is 0 Å². The molecule has 0 aromatic heterocycles. The molecule has 0 fully saturated rings. The molecule has 0 radical (unpaired) electrons. The van der Waals surface area contributed by atoms with Crippen molar-refractivity contribution in [2.75, 3.05) is 0 Å². The van der Waals surface area contributed by atoms with Crippen molar-refractivity contribution in [2.24, 2.45) is 0 Å². The molecule has 0 spiro atoms. The van der Waals surface area contributed by atoms with Crippen molar-refractivity contribution in [1.29, 1.82) is 0 Å². The zero-order valence-corrected chi connectivity index (χ0v) is 16.0. The van der Waals surface area contributed by atoms with E-state index in [1.54, 1.807) is 0 Å². The van der Waals surface area contributed by atoms with Crippen molar-refractivity contribution in [3.63, 3.8) is 0 Å². The standard InChI is InChI=1S/C22H25NO6/c24-19(22(28)29)14-18(23-20(25)7-4-8-21(26)27)13-15-9-11-17(12-10-15)16-5-2-1-3-6-16/h1-3,5-6,9-12,18-19,24H,4,7-8,13-14H2,(H,23,25)(H,26,27)(H,28,29)/t18-,19?/m1/s1. The molecule has 7 heteroatoms. The first kappa shape index (κ1) is 22.1. The molecule has 1 amide bonds. The van der Waals surface area contributed by atoms with Gasteiger partial charge in [0.25, 0.3) is 0 Å². The lowest BCUT2D eigenvalue weighted by Crippen LogP contribution is -2.40. The zero-order valence-electron chi connectivity index (χ0n) is 16.0. The number of aliphatic hydroxyl groups is 1. The molecule has 0 bridgehead atoms. The van der Waals surface area contributed by atoms with E-state index >= 15 is 0 Å². The van der Waals surface area contributed by atoms with E-state index < -0.39 is 24.1 Å². The van der Waals surface area contributed by atoms with Gasteiger partial charge in [-0.05, 0) is 29.5 Å². The summed E-state index contributed by atoms with van der Waals surface area (Å²) in [5.74, 6) is -2.70. The number of aliphatic hydroxyl groups excluding tert-OH is 1. The molecule has 0 heterocycles. The second-order valence-electron chi connectivity index (χ2n) is 6.87. The van der Waals surface area contributed by atoms with Gasteiger partial charge in [-0.2, -0.15) is 0 Å². The van der Waals surface area contributed by atoms with Crippen molar-refractivity contribution in [2.45, 2.75) is 44.2 Å². The Hall–Kier alpha value is -3.19. The Morgan fingerprint density at radius 3 is 2.07 bits per heavy atom. The number of carboxylic acids is 2. The monoisotopic (exact) mass is 399 g/mol. The molecule has 2 atom stereocenters. The highest BCUT2D eigenvalue weighted by Gasteiger charge is 2.22. The van der Waals surface area contributed by atoms with Crippen molar-refractivity contribution in [3.05, 3.63) is 60.2 Å². The molecule has 7 nitrogen and oxygen atoms in total. The van der Waals surface area contributed by atoms with Crippen LogP contribution in [-0.4, -0.2) is 45.3 Å². The fourth-order valence-electron chi connectivity index (χ4n) is 3.01. The fraction of sp³-hybridized carbons (Fsp3) is 0.318. The number of carboxylic acid groups (broad SMARTS) is 2.